The third kappa shape index (κ3) is 4.73. The van der Waals surface area contributed by atoms with Crippen LogP contribution in [0, 0.1) is 17.3 Å². The first kappa shape index (κ1) is 27.9. The summed E-state index contributed by atoms with van der Waals surface area (Å²) in [6.07, 6.45) is 0.138. The number of guanidine groups is 1. The van der Waals surface area contributed by atoms with Crippen LogP contribution >= 0.6 is 0 Å². The number of hydrogen-bond acceptors (Lipinski definition) is 6. The fraction of sp³-hybridized carbons (Fsp3) is 0.667. The standard InChI is InChI=1S/C27H37FN6O4/c1-15-11-26(12-16(2)20(15)35)13-17-8-9-18(32-33-29)10-19(17)27(26)21(36)34(14-25(6,7)28)22(31-27)30-23(37)38-24(3,4)5/h8-10,15-16,20,35H,11-14H2,1-7H3,(H,30,31,37)/t15-,16+,20?,26?,27-/m1/s1. The Hall–Kier alpha value is -3.17. The van der Waals surface area contributed by atoms with E-state index in [4.69, 9.17) is 15.3 Å². The van der Waals surface area contributed by atoms with Gasteiger partial charge in [-0.3, -0.25) is 15.0 Å². The first-order valence-corrected chi connectivity index (χ1v) is 13.0. The van der Waals surface area contributed by atoms with E-state index in [-0.39, 0.29) is 24.3 Å². The van der Waals surface area contributed by atoms with Gasteiger partial charge in [-0.25, -0.2) is 14.2 Å². The SMILES string of the molecule is C[C@@H]1CC2(Cc3ccc(N=[N+]=[N-])cc3[C@]23N=C(NC(=O)OC(C)(C)C)N(CC(C)(C)F)C3=O)C[C@H](C)C1O. The summed E-state index contributed by atoms with van der Waals surface area (Å²) in [6, 6.07) is 5.20. The Labute approximate surface area is 222 Å². The number of azide groups is 1. The van der Waals surface area contributed by atoms with Gasteiger partial charge in [0.25, 0.3) is 5.91 Å². The van der Waals surface area contributed by atoms with Gasteiger partial charge in [-0.2, -0.15) is 0 Å². The smallest absolute Gasteiger partial charge is 0.414 e. The number of carbonyl (C=O) groups is 2. The highest BCUT2D eigenvalue weighted by molar-refractivity contribution is 6.12. The molecule has 2 N–H and O–H groups in total. The summed E-state index contributed by atoms with van der Waals surface area (Å²) in [7, 11) is 0. The lowest BCUT2D eigenvalue weighted by atomic mass is 9.56. The Balaban J connectivity index is 1.93. The van der Waals surface area contributed by atoms with Crippen LogP contribution in [0.25, 0.3) is 10.4 Å². The van der Waals surface area contributed by atoms with Crippen molar-refractivity contribution in [3.63, 3.8) is 0 Å². The number of amides is 2. The van der Waals surface area contributed by atoms with Crippen LogP contribution < -0.4 is 5.32 Å². The number of alkyl halides is 1. The van der Waals surface area contributed by atoms with Gasteiger partial charge in [-0.15, -0.1) is 0 Å². The Morgan fingerprint density at radius 1 is 1.29 bits per heavy atom. The average Bonchev–Trinajstić information content (AvgIpc) is 3.17. The normalized spacial score (nSPS) is 30.8. The number of nitrogens with zero attached hydrogens (tertiary/aromatic N) is 5. The fourth-order valence-electron chi connectivity index (χ4n) is 6.60. The van der Waals surface area contributed by atoms with Crippen molar-refractivity contribution in [2.75, 3.05) is 6.54 Å². The molecule has 2 aliphatic carbocycles. The first-order chi connectivity index (χ1) is 17.5. The molecule has 2 amide bonds. The second-order valence-corrected chi connectivity index (χ2v) is 12.7. The van der Waals surface area contributed by atoms with Crippen LogP contribution in [0.5, 0.6) is 0 Å². The van der Waals surface area contributed by atoms with Crippen LogP contribution in [0.3, 0.4) is 0 Å². The van der Waals surface area contributed by atoms with Crippen molar-refractivity contribution in [3.05, 3.63) is 39.8 Å². The fourth-order valence-corrected chi connectivity index (χ4v) is 6.60. The molecule has 11 heteroatoms. The molecule has 2 spiro atoms. The lowest BCUT2D eigenvalue weighted by Crippen LogP contribution is -2.56. The highest BCUT2D eigenvalue weighted by Gasteiger charge is 2.68. The van der Waals surface area contributed by atoms with Crippen LogP contribution in [-0.4, -0.2) is 51.9 Å². The van der Waals surface area contributed by atoms with Crippen molar-refractivity contribution in [3.8, 4) is 0 Å². The van der Waals surface area contributed by atoms with Crippen LogP contribution in [0.2, 0.25) is 0 Å². The number of halogens is 1. The largest absolute Gasteiger partial charge is 0.444 e. The summed E-state index contributed by atoms with van der Waals surface area (Å²) >= 11 is 0. The van der Waals surface area contributed by atoms with Crippen molar-refractivity contribution < 1.29 is 23.8 Å². The minimum atomic E-state index is -1.79. The van der Waals surface area contributed by atoms with Gasteiger partial charge in [0, 0.05) is 16.0 Å². The van der Waals surface area contributed by atoms with E-state index in [1.54, 1.807) is 32.9 Å². The van der Waals surface area contributed by atoms with E-state index in [0.29, 0.717) is 30.5 Å². The minimum Gasteiger partial charge on any atom is -0.444 e. The molecule has 0 aromatic heterocycles. The molecule has 4 rings (SSSR count). The van der Waals surface area contributed by atoms with Gasteiger partial charge in [-0.05, 0) is 88.4 Å². The van der Waals surface area contributed by atoms with Gasteiger partial charge in [-0.1, -0.05) is 31.1 Å². The molecule has 5 atom stereocenters. The van der Waals surface area contributed by atoms with Crippen molar-refractivity contribution >= 4 is 23.6 Å². The van der Waals surface area contributed by atoms with Crippen LogP contribution in [-0.2, 0) is 21.5 Å². The summed E-state index contributed by atoms with van der Waals surface area (Å²) in [5.74, 6) is -0.790. The number of fused-ring (bicyclic) bond motifs is 3. The molecule has 10 nitrogen and oxygen atoms in total. The van der Waals surface area contributed by atoms with Crippen LogP contribution in [0.4, 0.5) is 14.9 Å². The molecular weight excluding hydrogens is 491 g/mol. The van der Waals surface area contributed by atoms with E-state index in [1.807, 2.05) is 19.9 Å². The number of aliphatic hydroxyl groups is 1. The second-order valence-electron chi connectivity index (χ2n) is 12.7. The maximum absolute atomic E-state index is 15.1. The molecule has 0 radical (unpaired) electrons. The molecule has 1 aliphatic heterocycles. The summed E-state index contributed by atoms with van der Waals surface area (Å²) in [5.41, 5.74) is 5.99. The number of nitrogens with one attached hydrogen (secondary N) is 1. The minimum absolute atomic E-state index is 0.0807. The van der Waals surface area contributed by atoms with Crippen LogP contribution in [0.1, 0.15) is 72.4 Å². The van der Waals surface area contributed by atoms with Gasteiger partial charge >= 0.3 is 6.09 Å². The van der Waals surface area contributed by atoms with Gasteiger partial charge in [0.05, 0.1) is 12.6 Å². The van der Waals surface area contributed by atoms with E-state index in [0.717, 1.165) is 5.56 Å². The lowest BCUT2D eigenvalue weighted by Gasteiger charge is -2.49. The zero-order valence-corrected chi connectivity index (χ0v) is 23.1. The van der Waals surface area contributed by atoms with Crippen molar-refractivity contribution in [2.45, 2.75) is 90.6 Å². The number of rotatable bonds is 3. The summed E-state index contributed by atoms with van der Waals surface area (Å²) in [5, 5.41) is 17.1. The molecule has 38 heavy (non-hydrogen) atoms. The number of hydrogen-bond donors (Lipinski definition) is 2. The maximum Gasteiger partial charge on any atom is 0.414 e. The molecule has 1 aromatic rings. The molecule has 1 aromatic carbocycles. The van der Waals surface area contributed by atoms with E-state index in [1.165, 1.54) is 18.7 Å². The number of ether oxygens (including phenoxy) is 1. The van der Waals surface area contributed by atoms with E-state index in [9.17, 15) is 14.7 Å². The Morgan fingerprint density at radius 3 is 2.47 bits per heavy atom. The van der Waals surface area contributed by atoms with Crippen molar-refractivity contribution in [1.29, 1.82) is 0 Å². The maximum atomic E-state index is 15.1. The number of aliphatic imine (C=N–C) groups is 1. The van der Waals surface area contributed by atoms with Crippen molar-refractivity contribution in [2.24, 2.45) is 27.4 Å². The monoisotopic (exact) mass is 528 g/mol. The highest BCUT2D eigenvalue weighted by atomic mass is 19.1. The molecule has 206 valence electrons. The molecule has 2 unspecified atom stereocenters. The molecular formula is C27H37FN6O4. The van der Waals surface area contributed by atoms with Gasteiger partial charge in [0.1, 0.15) is 11.3 Å². The van der Waals surface area contributed by atoms with Gasteiger partial charge in [0.2, 0.25) is 5.96 Å². The zero-order chi connectivity index (χ0) is 28.3. The van der Waals surface area contributed by atoms with Crippen LogP contribution in [0.15, 0.2) is 28.3 Å². The highest BCUT2D eigenvalue weighted by Crippen LogP contribution is 2.63. The molecule has 1 saturated carbocycles. The summed E-state index contributed by atoms with van der Waals surface area (Å²) in [4.78, 5) is 36.4. The molecule has 3 aliphatic rings. The van der Waals surface area contributed by atoms with E-state index < -0.39 is 40.3 Å². The first-order valence-electron chi connectivity index (χ1n) is 13.0. The predicted molar refractivity (Wildman–Crippen MR) is 140 cm³/mol. The topological polar surface area (TPSA) is 140 Å². The molecule has 0 bridgehead atoms. The molecule has 1 fully saturated rings. The van der Waals surface area contributed by atoms with Gasteiger partial charge in [0.15, 0.2) is 5.54 Å². The van der Waals surface area contributed by atoms with Crippen molar-refractivity contribution in [1.82, 2.24) is 10.2 Å². The van der Waals surface area contributed by atoms with Gasteiger partial charge < -0.3 is 9.84 Å². The molecule has 1 heterocycles. The molecule has 0 saturated heterocycles. The summed E-state index contributed by atoms with van der Waals surface area (Å²) < 4.78 is 20.5. The second kappa shape index (κ2) is 9.24. The Kier molecular flexibility index (Phi) is 6.77. The number of alkyl carbamates (subject to hydrolysis) is 1. The van der Waals surface area contributed by atoms with E-state index in [2.05, 4.69) is 15.3 Å². The quantitative estimate of drug-likeness (QED) is 0.313. The number of aliphatic hydroxyl groups excluding tert-OH is 1. The lowest BCUT2D eigenvalue weighted by molar-refractivity contribution is -0.142. The third-order valence-electron chi connectivity index (χ3n) is 7.76. The predicted octanol–water partition coefficient (Wildman–Crippen LogP) is 5.26. The number of benzene rings is 1. The summed E-state index contributed by atoms with van der Waals surface area (Å²) in [6.45, 7) is 11.4. The van der Waals surface area contributed by atoms with E-state index >= 15 is 4.39 Å². The zero-order valence-electron chi connectivity index (χ0n) is 23.1. The third-order valence-corrected chi connectivity index (χ3v) is 7.76. The Bertz CT molecular complexity index is 1220. The number of carbonyl (C=O) groups excluding carboxylic acids is 2. The Morgan fingerprint density at radius 2 is 1.92 bits per heavy atom. The average molecular weight is 529 g/mol.